The van der Waals surface area contributed by atoms with Crippen LogP contribution in [-0.2, 0) is 6.54 Å². The molecule has 0 saturated carbocycles. The van der Waals surface area contributed by atoms with Gasteiger partial charge in [-0.05, 0) is 22.0 Å². The van der Waals surface area contributed by atoms with Gasteiger partial charge in [0.1, 0.15) is 4.34 Å². The number of benzene rings is 1. The fourth-order valence-electron chi connectivity index (χ4n) is 1.85. The van der Waals surface area contributed by atoms with E-state index in [9.17, 15) is 0 Å². The molecule has 21 heavy (non-hydrogen) atoms. The summed E-state index contributed by atoms with van der Waals surface area (Å²) in [4.78, 5) is 1.13. The van der Waals surface area contributed by atoms with E-state index in [1.807, 2.05) is 18.2 Å². The first kappa shape index (κ1) is 16.3. The van der Waals surface area contributed by atoms with Crippen molar-refractivity contribution in [3.63, 3.8) is 0 Å². The Labute approximate surface area is 141 Å². The van der Waals surface area contributed by atoms with Crippen molar-refractivity contribution in [1.82, 2.24) is 0 Å². The third kappa shape index (κ3) is 3.75. The maximum absolute atomic E-state index is 6.03. The standard InChI is InChI=1S/C14H15BrClNO3S/c1-18-11-4-8(5-12(19-2)13(11)20-3)17-7-9-6-10(15)14(16)21-9/h4-6,17H,7H2,1-3H3. The van der Waals surface area contributed by atoms with Gasteiger partial charge in [-0.2, -0.15) is 0 Å². The number of anilines is 1. The van der Waals surface area contributed by atoms with Crippen molar-refractivity contribution in [2.45, 2.75) is 6.54 Å². The normalized spacial score (nSPS) is 10.3. The molecule has 0 aliphatic carbocycles. The number of rotatable bonds is 6. The van der Waals surface area contributed by atoms with Crippen LogP contribution in [0.15, 0.2) is 22.7 Å². The quantitative estimate of drug-likeness (QED) is 0.766. The molecule has 0 bridgehead atoms. The Morgan fingerprint density at radius 2 is 1.71 bits per heavy atom. The van der Waals surface area contributed by atoms with Crippen molar-refractivity contribution in [1.29, 1.82) is 0 Å². The molecular weight excluding hydrogens is 378 g/mol. The van der Waals surface area contributed by atoms with Gasteiger partial charge in [0.15, 0.2) is 11.5 Å². The number of hydrogen-bond acceptors (Lipinski definition) is 5. The van der Waals surface area contributed by atoms with Gasteiger partial charge in [-0.1, -0.05) is 11.6 Å². The van der Waals surface area contributed by atoms with Crippen molar-refractivity contribution in [3.8, 4) is 17.2 Å². The van der Waals surface area contributed by atoms with Crippen LogP contribution in [0.4, 0.5) is 5.69 Å². The van der Waals surface area contributed by atoms with Crippen LogP contribution in [-0.4, -0.2) is 21.3 Å². The first-order valence-electron chi connectivity index (χ1n) is 6.06. The molecule has 1 heterocycles. The maximum Gasteiger partial charge on any atom is 0.203 e. The van der Waals surface area contributed by atoms with Crippen LogP contribution < -0.4 is 19.5 Å². The van der Waals surface area contributed by atoms with E-state index in [2.05, 4.69) is 21.2 Å². The summed E-state index contributed by atoms with van der Waals surface area (Å²) in [7, 11) is 4.77. The van der Waals surface area contributed by atoms with Gasteiger partial charge in [0, 0.05) is 33.7 Å². The summed E-state index contributed by atoms with van der Waals surface area (Å²) in [6.07, 6.45) is 0. The lowest BCUT2D eigenvalue weighted by molar-refractivity contribution is 0.324. The van der Waals surface area contributed by atoms with Gasteiger partial charge in [-0.25, -0.2) is 0 Å². The molecule has 0 aliphatic heterocycles. The zero-order chi connectivity index (χ0) is 15.4. The molecule has 0 aliphatic rings. The Kier molecular flexibility index (Phi) is 5.61. The number of nitrogens with one attached hydrogen (secondary N) is 1. The summed E-state index contributed by atoms with van der Waals surface area (Å²) in [6, 6.07) is 5.73. The zero-order valence-electron chi connectivity index (χ0n) is 11.8. The molecule has 4 nitrogen and oxygen atoms in total. The average Bonchev–Trinajstić information content (AvgIpc) is 2.82. The van der Waals surface area contributed by atoms with E-state index in [0.29, 0.717) is 23.8 Å². The monoisotopic (exact) mass is 391 g/mol. The molecule has 0 unspecified atom stereocenters. The predicted octanol–water partition coefficient (Wildman–Crippen LogP) is 4.80. The molecule has 0 spiro atoms. The minimum Gasteiger partial charge on any atom is -0.493 e. The molecule has 7 heteroatoms. The number of thiophene rings is 1. The number of ether oxygens (including phenoxy) is 3. The lowest BCUT2D eigenvalue weighted by Gasteiger charge is -2.14. The van der Waals surface area contributed by atoms with Gasteiger partial charge in [0.25, 0.3) is 0 Å². The van der Waals surface area contributed by atoms with E-state index in [-0.39, 0.29) is 0 Å². The van der Waals surface area contributed by atoms with Crippen molar-refractivity contribution in [2.24, 2.45) is 0 Å². The molecule has 1 aromatic heterocycles. The van der Waals surface area contributed by atoms with Crippen LogP contribution in [0, 0.1) is 0 Å². The fourth-order valence-corrected chi connectivity index (χ4v) is 3.58. The molecule has 114 valence electrons. The van der Waals surface area contributed by atoms with E-state index in [4.69, 9.17) is 25.8 Å². The summed E-state index contributed by atoms with van der Waals surface area (Å²) in [5.74, 6) is 1.81. The Hall–Kier alpha value is -1.11. The lowest BCUT2D eigenvalue weighted by Crippen LogP contribution is -2.00. The van der Waals surface area contributed by atoms with Gasteiger partial charge in [0.2, 0.25) is 5.75 Å². The molecule has 0 amide bonds. The van der Waals surface area contributed by atoms with E-state index in [1.54, 1.807) is 21.3 Å². The average molecular weight is 393 g/mol. The number of halogens is 2. The van der Waals surface area contributed by atoms with Crippen molar-refractivity contribution in [3.05, 3.63) is 31.9 Å². The predicted molar refractivity (Wildman–Crippen MR) is 90.5 cm³/mol. The van der Waals surface area contributed by atoms with E-state index in [0.717, 1.165) is 19.4 Å². The highest BCUT2D eigenvalue weighted by atomic mass is 79.9. The van der Waals surface area contributed by atoms with Crippen LogP contribution >= 0.6 is 38.9 Å². The highest BCUT2D eigenvalue weighted by molar-refractivity contribution is 9.10. The minimum atomic E-state index is 0.576. The van der Waals surface area contributed by atoms with Crippen molar-refractivity contribution >= 4 is 44.6 Å². The first-order chi connectivity index (χ1) is 10.1. The van der Waals surface area contributed by atoms with Crippen LogP contribution in [0.3, 0.4) is 0 Å². The number of methoxy groups -OCH3 is 3. The van der Waals surface area contributed by atoms with Crippen LogP contribution in [0.2, 0.25) is 4.34 Å². The van der Waals surface area contributed by atoms with Crippen LogP contribution in [0.25, 0.3) is 0 Å². The number of hydrogen-bond donors (Lipinski definition) is 1. The Morgan fingerprint density at radius 1 is 1.10 bits per heavy atom. The molecule has 0 fully saturated rings. The maximum atomic E-state index is 6.03. The second-order valence-electron chi connectivity index (χ2n) is 4.10. The Morgan fingerprint density at radius 3 is 2.14 bits per heavy atom. The second-order valence-corrected chi connectivity index (χ2v) is 6.70. The van der Waals surface area contributed by atoms with Gasteiger partial charge < -0.3 is 19.5 Å². The lowest BCUT2D eigenvalue weighted by atomic mass is 10.2. The summed E-state index contributed by atoms with van der Waals surface area (Å²) in [6.45, 7) is 0.661. The summed E-state index contributed by atoms with van der Waals surface area (Å²) in [5.41, 5.74) is 0.880. The summed E-state index contributed by atoms with van der Waals surface area (Å²) < 4.78 is 17.6. The molecule has 1 aromatic carbocycles. The van der Waals surface area contributed by atoms with Gasteiger partial charge in [-0.3, -0.25) is 0 Å². The Bertz CT molecular complexity index is 588. The van der Waals surface area contributed by atoms with Crippen LogP contribution in [0.5, 0.6) is 17.2 Å². The highest BCUT2D eigenvalue weighted by Crippen LogP contribution is 2.40. The molecule has 0 radical (unpaired) electrons. The third-order valence-electron chi connectivity index (χ3n) is 2.83. The largest absolute Gasteiger partial charge is 0.493 e. The van der Waals surface area contributed by atoms with Crippen molar-refractivity contribution in [2.75, 3.05) is 26.6 Å². The molecule has 2 aromatic rings. The topological polar surface area (TPSA) is 39.7 Å². The molecule has 0 saturated heterocycles. The summed E-state index contributed by atoms with van der Waals surface area (Å²) >= 11 is 11.0. The molecule has 0 atom stereocenters. The molecule has 2 rings (SSSR count). The SMILES string of the molecule is COc1cc(NCc2cc(Br)c(Cl)s2)cc(OC)c1OC. The fraction of sp³-hybridized carbons (Fsp3) is 0.286. The van der Waals surface area contributed by atoms with Crippen LogP contribution in [0.1, 0.15) is 4.88 Å². The van der Waals surface area contributed by atoms with Crippen molar-refractivity contribution < 1.29 is 14.2 Å². The van der Waals surface area contributed by atoms with Gasteiger partial charge >= 0.3 is 0 Å². The van der Waals surface area contributed by atoms with Gasteiger partial charge in [-0.15, -0.1) is 11.3 Å². The second kappa shape index (κ2) is 7.24. The Balaban J connectivity index is 2.19. The van der Waals surface area contributed by atoms with E-state index >= 15 is 0 Å². The first-order valence-corrected chi connectivity index (χ1v) is 8.05. The van der Waals surface area contributed by atoms with E-state index < -0.39 is 0 Å². The molecular formula is C14H15BrClNO3S. The van der Waals surface area contributed by atoms with E-state index in [1.165, 1.54) is 11.3 Å². The van der Waals surface area contributed by atoms with Gasteiger partial charge in [0.05, 0.1) is 21.3 Å². The molecule has 1 N–H and O–H groups in total. The smallest absolute Gasteiger partial charge is 0.203 e. The minimum absolute atomic E-state index is 0.576. The summed E-state index contributed by atoms with van der Waals surface area (Å²) in [5, 5.41) is 3.32. The highest BCUT2D eigenvalue weighted by Gasteiger charge is 2.13. The zero-order valence-corrected chi connectivity index (χ0v) is 15.0. The third-order valence-corrected chi connectivity index (χ3v) is 5.30.